The Bertz CT molecular complexity index is 772. The first-order valence-corrected chi connectivity index (χ1v) is 8.27. The van der Waals surface area contributed by atoms with E-state index in [0.717, 1.165) is 28.6 Å². The topological polar surface area (TPSA) is 51.6 Å². The summed E-state index contributed by atoms with van der Waals surface area (Å²) < 4.78 is 13.0. The van der Waals surface area contributed by atoms with Crippen LogP contribution in [0.4, 0.5) is 5.69 Å². The van der Waals surface area contributed by atoms with E-state index in [1.165, 1.54) is 5.56 Å². The smallest absolute Gasteiger partial charge is 0.173 e. The molecule has 6 nitrogen and oxygen atoms in total. The van der Waals surface area contributed by atoms with Gasteiger partial charge in [-0.05, 0) is 38.2 Å². The van der Waals surface area contributed by atoms with Crippen LogP contribution in [0, 0.1) is 13.8 Å². The summed E-state index contributed by atoms with van der Waals surface area (Å²) in [5, 5.41) is 8.35. The molecule has 1 aromatic heterocycles. The predicted molar refractivity (Wildman–Crippen MR) is 97.8 cm³/mol. The van der Waals surface area contributed by atoms with Gasteiger partial charge in [0.1, 0.15) is 13.2 Å². The molecule has 0 radical (unpaired) electrons. The van der Waals surface area contributed by atoms with E-state index in [1.54, 1.807) is 0 Å². The third-order valence-electron chi connectivity index (χ3n) is 4.19. The van der Waals surface area contributed by atoms with E-state index in [9.17, 15) is 0 Å². The van der Waals surface area contributed by atoms with Gasteiger partial charge in [-0.3, -0.25) is 4.68 Å². The van der Waals surface area contributed by atoms with Crippen molar-refractivity contribution in [3.63, 3.8) is 0 Å². The molecule has 24 heavy (non-hydrogen) atoms. The third-order valence-corrected chi connectivity index (χ3v) is 4.61. The second-order valence-electron chi connectivity index (χ2n) is 5.92. The number of hydrogen-bond donors (Lipinski definition) is 1. The molecule has 0 saturated carbocycles. The molecule has 0 bridgehead atoms. The molecule has 0 amide bonds. The molecule has 1 aliphatic heterocycles. The van der Waals surface area contributed by atoms with Gasteiger partial charge >= 0.3 is 0 Å². The predicted octanol–water partition coefficient (Wildman–Crippen LogP) is 2.64. The summed E-state index contributed by atoms with van der Waals surface area (Å²) in [6.45, 7) is 5.96. The van der Waals surface area contributed by atoms with Gasteiger partial charge in [-0.1, -0.05) is 0 Å². The van der Waals surface area contributed by atoms with Crippen molar-refractivity contribution < 1.29 is 9.47 Å². The van der Waals surface area contributed by atoms with Crippen molar-refractivity contribution in [1.29, 1.82) is 0 Å². The number of fused-ring (bicyclic) bond motifs is 1. The molecule has 128 valence electrons. The van der Waals surface area contributed by atoms with Crippen LogP contribution in [-0.4, -0.2) is 40.1 Å². The fraction of sp³-hybridized carbons (Fsp3) is 0.412. The molecule has 0 aliphatic carbocycles. The van der Waals surface area contributed by atoms with Crippen molar-refractivity contribution in [3.8, 4) is 11.5 Å². The average Bonchev–Trinajstić information content (AvgIpc) is 2.81. The van der Waals surface area contributed by atoms with E-state index in [1.807, 2.05) is 48.8 Å². The molecule has 0 spiro atoms. The van der Waals surface area contributed by atoms with Gasteiger partial charge in [-0.2, -0.15) is 5.10 Å². The van der Waals surface area contributed by atoms with E-state index in [-0.39, 0.29) is 0 Å². The number of nitrogens with zero attached hydrogens (tertiary/aromatic N) is 3. The summed E-state index contributed by atoms with van der Waals surface area (Å²) in [6.07, 6.45) is 0. The van der Waals surface area contributed by atoms with Crippen molar-refractivity contribution in [1.82, 2.24) is 14.7 Å². The highest BCUT2D eigenvalue weighted by atomic mass is 32.1. The lowest BCUT2D eigenvalue weighted by Crippen LogP contribution is -2.31. The van der Waals surface area contributed by atoms with Gasteiger partial charge in [0.25, 0.3) is 0 Å². The SMILES string of the molecule is Cc1nn(C)c(C)c1CN(C)C(=S)Nc1ccc2c(c1)OCCO2. The highest BCUT2D eigenvalue weighted by molar-refractivity contribution is 7.80. The monoisotopic (exact) mass is 346 g/mol. The van der Waals surface area contributed by atoms with Crippen LogP contribution in [0.1, 0.15) is 17.0 Å². The normalized spacial score (nSPS) is 12.8. The van der Waals surface area contributed by atoms with Crippen LogP contribution in [0.2, 0.25) is 0 Å². The molecule has 7 heteroatoms. The van der Waals surface area contributed by atoms with E-state index < -0.39 is 0 Å². The van der Waals surface area contributed by atoms with Crippen LogP contribution < -0.4 is 14.8 Å². The maximum absolute atomic E-state index is 5.60. The summed E-state index contributed by atoms with van der Waals surface area (Å²) in [4.78, 5) is 2.00. The molecule has 3 rings (SSSR count). The molecule has 1 N–H and O–H groups in total. The van der Waals surface area contributed by atoms with Crippen molar-refractivity contribution in [2.75, 3.05) is 25.6 Å². The first-order chi connectivity index (χ1) is 11.5. The standard InChI is InChI=1S/C17H22N4O2S/c1-11-14(12(2)21(4)19-11)10-20(3)17(24)18-13-5-6-15-16(9-13)23-8-7-22-15/h5-6,9H,7-8,10H2,1-4H3,(H,18,24). The summed E-state index contributed by atoms with van der Waals surface area (Å²) in [6, 6.07) is 5.75. The van der Waals surface area contributed by atoms with Gasteiger partial charge < -0.3 is 19.7 Å². The Labute approximate surface area is 147 Å². The molecule has 1 aliphatic rings. The molecule has 2 heterocycles. The number of thiocarbonyl (C=S) groups is 1. The Morgan fingerprint density at radius 2 is 2.00 bits per heavy atom. The van der Waals surface area contributed by atoms with Gasteiger partial charge in [-0.25, -0.2) is 0 Å². The Morgan fingerprint density at radius 1 is 1.29 bits per heavy atom. The second kappa shape index (κ2) is 6.68. The molecule has 0 unspecified atom stereocenters. The maximum atomic E-state index is 5.60. The highest BCUT2D eigenvalue weighted by Crippen LogP contribution is 2.32. The third kappa shape index (κ3) is 3.31. The van der Waals surface area contributed by atoms with Gasteiger partial charge in [0.2, 0.25) is 0 Å². The maximum Gasteiger partial charge on any atom is 0.173 e. The second-order valence-corrected chi connectivity index (χ2v) is 6.30. The van der Waals surface area contributed by atoms with Crippen molar-refractivity contribution in [2.24, 2.45) is 7.05 Å². The number of ether oxygens (including phenoxy) is 2. The van der Waals surface area contributed by atoms with Gasteiger partial charge in [0.05, 0.1) is 5.69 Å². The minimum Gasteiger partial charge on any atom is -0.486 e. The Morgan fingerprint density at radius 3 is 2.67 bits per heavy atom. The van der Waals surface area contributed by atoms with E-state index >= 15 is 0 Å². The summed E-state index contributed by atoms with van der Waals surface area (Å²) in [7, 11) is 3.93. The fourth-order valence-corrected chi connectivity index (χ4v) is 2.88. The van der Waals surface area contributed by atoms with Crippen LogP contribution >= 0.6 is 12.2 Å². The molecular weight excluding hydrogens is 324 g/mol. The molecule has 1 aromatic carbocycles. The van der Waals surface area contributed by atoms with Gasteiger partial charge in [-0.15, -0.1) is 0 Å². The zero-order valence-electron chi connectivity index (χ0n) is 14.4. The van der Waals surface area contributed by atoms with Crippen LogP contribution in [0.3, 0.4) is 0 Å². The first kappa shape index (κ1) is 16.6. The minimum absolute atomic E-state index is 0.570. The zero-order valence-corrected chi connectivity index (χ0v) is 15.2. The molecule has 0 fully saturated rings. The van der Waals surface area contributed by atoms with E-state index in [2.05, 4.69) is 17.3 Å². The lowest BCUT2D eigenvalue weighted by atomic mass is 10.2. The van der Waals surface area contributed by atoms with Crippen molar-refractivity contribution in [2.45, 2.75) is 20.4 Å². The Kier molecular flexibility index (Phi) is 4.62. The molecule has 0 atom stereocenters. The number of anilines is 1. The number of nitrogens with one attached hydrogen (secondary N) is 1. The fourth-order valence-electron chi connectivity index (χ4n) is 2.70. The molecule has 2 aromatic rings. The van der Waals surface area contributed by atoms with Crippen LogP contribution in [0.15, 0.2) is 18.2 Å². The van der Waals surface area contributed by atoms with Crippen molar-refractivity contribution >= 4 is 23.0 Å². The average molecular weight is 346 g/mol. The molecule has 0 saturated heterocycles. The van der Waals surface area contributed by atoms with Crippen LogP contribution in [0.5, 0.6) is 11.5 Å². The number of rotatable bonds is 3. The lowest BCUT2D eigenvalue weighted by Gasteiger charge is -2.23. The Balaban J connectivity index is 1.68. The number of benzene rings is 1. The summed E-state index contributed by atoms with van der Waals surface area (Å²) in [5.41, 5.74) is 4.27. The number of aromatic nitrogens is 2. The lowest BCUT2D eigenvalue weighted by molar-refractivity contribution is 0.171. The van der Waals surface area contributed by atoms with Gasteiger partial charge in [0.15, 0.2) is 16.6 Å². The number of hydrogen-bond acceptors (Lipinski definition) is 4. The zero-order chi connectivity index (χ0) is 17.3. The summed E-state index contributed by atoms with van der Waals surface area (Å²) in [5.74, 6) is 1.52. The van der Waals surface area contributed by atoms with E-state index in [4.69, 9.17) is 21.7 Å². The van der Waals surface area contributed by atoms with Crippen LogP contribution in [0.25, 0.3) is 0 Å². The minimum atomic E-state index is 0.570. The van der Waals surface area contributed by atoms with Crippen molar-refractivity contribution in [3.05, 3.63) is 35.2 Å². The molecular formula is C17H22N4O2S. The van der Waals surface area contributed by atoms with Crippen LogP contribution in [-0.2, 0) is 13.6 Å². The number of aryl methyl sites for hydroxylation is 2. The first-order valence-electron chi connectivity index (χ1n) is 7.86. The largest absolute Gasteiger partial charge is 0.486 e. The van der Waals surface area contributed by atoms with E-state index in [0.29, 0.717) is 24.9 Å². The highest BCUT2D eigenvalue weighted by Gasteiger charge is 2.15. The quantitative estimate of drug-likeness (QED) is 0.863. The summed E-state index contributed by atoms with van der Waals surface area (Å²) >= 11 is 5.52. The van der Waals surface area contributed by atoms with Gasteiger partial charge in [0, 0.05) is 43.7 Å². The Hall–Kier alpha value is -2.28.